The number of rotatable bonds is 6. The van der Waals surface area contributed by atoms with Crippen LogP contribution in [0.25, 0.3) is 0 Å². The minimum atomic E-state index is -5.43. The van der Waals surface area contributed by atoms with Gasteiger partial charge in [0.05, 0.1) is 18.6 Å². The number of aromatic amines is 1. The molecule has 1 aromatic heterocycles. The van der Waals surface area contributed by atoms with E-state index in [1.807, 2.05) is 17.0 Å². The van der Waals surface area contributed by atoms with E-state index in [-0.39, 0.29) is 19.1 Å². The topological polar surface area (TPSA) is 69.3 Å². The highest BCUT2D eigenvalue weighted by atomic mass is 32.2. The van der Waals surface area contributed by atoms with Crippen LogP contribution in [0.2, 0.25) is 0 Å². The third kappa shape index (κ3) is 4.74. The Morgan fingerprint density at radius 3 is 2.55 bits per heavy atom. The fraction of sp³-hybridized carbons (Fsp3) is 0.571. The quantitative estimate of drug-likeness (QED) is 0.699. The van der Waals surface area contributed by atoms with Crippen molar-refractivity contribution in [3.63, 3.8) is 0 Å². The molecule has 2 heterocycles. The maximum Gasteiger partial charge on any atom is 0.511 e. The van der Waals surface area contributed by atoms with Crippen LogP contribution < -0.4 is 4.90 Å². The van der Waals surface area contributed by atoms with Gasteiger partial charge in [0.1, 0.15) is 0 Å². The smallest absolute Gasteiger partial charge is 0.361 e. The van der Waals surface area contributed by atoms with Crippen molar-refractivity contribution in [2.45, 2.75) is 63.2 Å². The number of H-pyrrole nitrogens is 1. The summed E-state index contributed by atoms with van der Waals surface area (Å²) in [5, 5.41) is 0. The molecule has 2 aliphatic rings. The van der Waals surface area contributed by atoms with E-state index in [9.17, 15) is 21.6 Å². The summed E-state index contributed by atoms with van der Waals surface area (Å²) in [5.74, 6) is 0.556. The van der Waals surface area contributed by atoms with Gasteiger partial charge in [-0.15, -0.1) is 0 Å². The van der Waals surface area contributed by atoms with Crippen LogP contribution in [0.1, 0.15) is 49.8 Å². The van der Waals surface area contributed by atoms with E-state index in [0.29, 0.717) is 28.8 Å². The van der Waals surface area contributed by atoms with Gasteiger partial charge in [-0.25, -0.2) is 13.4 Å². The molecule has 0 radical (unpaired) electrons. The van der Waals surface area contributed by atoms with Crippen molar-refractivity contribution in [2.75, 3.05) is 11.4 Å². The van der Waals surface area contributed by atoms with Gasteiger partial charge in [0.25, 0.3) is 0 Å². The van der Waals surface area contributed by atoms with Gasteiger partial charge in [-0.3, -0.25) is 0 Å². The standard InChI is InChI=1S/C21H27F3N4O2S/c22-21(23,24)31(29,30)27-12-17-7-3-4-8-20(17)28(13-18-11-25-15-26-18)19(14-27)10-9-16-5-1-2-6-16/h3-4,7-8,11,15-16,19H,1-2,5-6,9-10,12-14H2,(H,25,26)/t19-/m1/s1. The zero-order valence-electron chi connectivity index (χ0n) is 17.2. The number of aromatic nitrogens is 2. The highest BCUT2D eigenvalue weighted by molar-refractivity contribution is 7.89. The lowest BCUT2D eigenvalue weighted by Crippen LogP contribution is -2.47. The minimum Gasteiger partial charge on any atom is -0.361 e. The number of nitrogens with one attached hydrogen (secondary N) is 1. The number of imidazole rings is 1. The van der Waals surface area contributed by atoms with E-state index in [1.54, 1.807) is 24.7 Å². The molecule has 1 aromatic carbocycles. The first-order valence-corrected chi connectivity index (χ1v) is 12.1. The van der Waals surface area contributed by atoms with Gasteiger partial charge < -0.3 is 9.88 Å². The predicted molar refractivity (Wildman–Crippen MR) is 112 cm³/mol. The Balaban J connectivity index is 1.70. The molecule has 1 fully saturated rings. The van der Waals surface area contributed by atoms with Crippen molar-refractivity contribution in [3.8, 4) is 0 Å². The van der Waals surface area contributed by atoms with Crippen LogP contribution in [-0.4, -0.2) is 40.8 Å². The number of hydrogen-bond acceptors (Lipinski definition) is 4. The highest BCUT2D eigenvalue weighted by Gasteiger charge is 2.51. The number of alkyl halides is 3. The Labute approximate surface area is 180 Å². The minimum absolute atomic E-state index is 0.197. The molecule has 1 saturated carbocycles. The summed E-state index contributed by atoms with van der Waals surface area (Å²) >= 11 is 0. The van der Waals surface area contributed by atoms with Gasteiger partial charge in [-0.05, 0) is 30.4 Å². The second-order valence-electron chi connectivity index (χ2n) is 8.46. The number of benzene rings is 1. The van der Waals surface area contributed by atoms with Crippen LogP contribution in [0, 0.1) is 5.92 Å². The molecular weight excluding hydrogens is 429 g/mol. The molecule has 10 heteroatoms. The summed E-state index contributed by atoms with van der Waals surface area (Å²) in [6.07, 6.45) is 9.40. The molecular formula is C21H27F3N4O2S. The first-order chi connectivity index (χ1) is 14.8. The summed E-state index contributed by atoms with van der Waals surface area (Å²) in [4.78, 5) is 9.15. The molecule has 1 aliphatic carbocycles. The lowest BCUT2D eigenvalue weighted by Gasteiger charge is -2.34. The molecule has 170 valence electrons. The molecule has 0 spiro atoms. The number of hydrogen-bond donors (Lipinski definition) is 1. The molecule has 2 aromatic rings. The lowest BCUT2D eigenvalue weighted by atomic mass is 9.97. The van der Waals surface area contributed by atoms with Gasteiger partial charge in [-0.2, -0.15) is 17.5 Å². The lowest BCUT2D eigenvalue weighted by molar-refractivity contribution is -0.0492. The van der Waals surface area contributed by atoms with Gasteiger partial charge >= 0.3 is 15.5 Å². The number of sulfonamides is 1. The van der Waals surface area contributed by atoms with Crippen LogP contribution in [0.4, 0.5) is 18.9 Å². The Hall–Kier alpha value is -2.07. The summed E-state index contributed by atoms with van der Waals surface area (Å²) < 4.78 is 65.6. The normalized spacial score (nSPS) is 21.3. The van der Waals surface area contributed by atoms with Crippen molar-refractivity contribution >= 4 is 15.7 Å². The van der Waals surface area contributed by atoms with Crippen molar-refractivity contribution in [1.82, 2.24) is 14.3 Å². The van der Waals surface area contributed by atoms with Gasteiger partial charge in [0, 0.05) is 31.0 Å². The molecule has 31 heavy (non-hydrogen) atoms. The first-order valence-electron chi connectivity index (χ1n) is 10.6. The summed E-state index contributed by atoms with van der Waals surface area (Å²) in [6.45, 7) is -0.0684. The predicted octanol–water partition coefficient (Wildman–Crippen LogP) is 4.42. The molecule has 1 atom stereocenters. The van der Waals surface area contributed by atoms with E-state index in [4.69, 9.17) is 0 Å². The Kier molecular flexibility index (Phi) is 6.30. The SMILES string of the molecule is O=S(=O)(N1Cc2ccccc2N(Cc2cnc[nH]2)[C@H](CCC2CCCC2)C1)C(F)(F)F. The molecule has 0 amide bonds. The van der Waals surface area contributed by atoms with Gasteiger partial charge in [-0.1, -0.05) is 43.9 Å². The third-order valence-corrected chi connectivity index (χ3v) is 7.96. The Bertz CT molecular complexity index is 973. The molecule has 1 aliphatic heterocycles. The molecule has 4 rings (SSSR count). The molecule has 1 N–H and O–H groups in total. The number of para-hydroxylation sites is 1. The summed E-state index contributed by atoms with van der Waals surface area (Å²) in [5.41, 5.74) is -3.16. The van der Waals surface area contributed by atoms with E-state index >= 15 is 0 Å². The maximum atomic E-state index is 13.4. The Morgan fingerprint density at radius 1 is 1.13 bits per heavy atom. The fourth-order valence-corrected chi connectivity index (χ4v) is 5.75. The largest absolute Gasteiger partial charge is 0.511 e. The van der Waals surface area contributed by atoms with Gasteiger partial charge in [0.15, 0.2) is 0 Å². The van der Waals surface area contributed by atoms with Crippen LogP contribution in [0.3, 0.4) is 0 Å². The van der Waals surface area contributed by atoms with E-state index in [2.05, 4.69) is 9.97 Å². The molecule has 6 nitrogen and oxygen atoms in total. The molecule has 0 bridgehead atoms. The average molecular weight is 457 g/mol. The number of halogens is 3. The van der Waals surface area contributed by atoms with Crippen LogP contribution in [0.5, 0.6) is 0 Å². The fourth-order valence-electron chi connectivity index (χ4n) is 4.78. The Morgan fingerprint density at radius 2 is 1.87 bits per heavy atom. The van der Waals surface area contributed by atoms with Crippen LogP contribution >= 0.6 is 0 Å². The average Bonchev–Trinajstić information content (AvgIpc) is 3.39. The van der Waals surface area contributed by atoms with Gasteiger partial charge in [0.2, 0.25) is 0 Å². The third-order valence-electron chi connectivity index (χ3n) is 6.41. The number of fused-ring (bicyclic) bond motifs is 1. The maximum absolute atomic E-state index is 13.4. The number of nitrogens with zero attached hydrogens (tertiary/aromatic N) is 3. The van der Waals surface area contributed by atoms with E-state index in [0.717, 1.165) is 30.6 Å². The number of anilines is 1. The van der Waals surface area contributed by atoms with E-state index < -0.39 is 15.5 Å². The second kappa shape index (κ2) is 8.82. The second-order valence-corrected chi connectivity index (χ2v) is 10.4. The highest BCUT2D eigenvalue weighted by Crippen LogP contribution is 2.37. The van der Waals surface area contributed by atoms with Crippen LogP contribution in [0.15, 0.2) is 36.8 Å². The zero-order chi connectivity index (χ0) is 22.1. The van der Waals surface area contributed by atoms with Crippen molar-refractivity contribution in [3.05, 3.63) is 48.0 Å². The van der Waals surface area contributed by atoms with Crippen molar-refractivity contribution in [1.29, 1.82) is 0 Å². The molecule has 0 saturated heterocycles. The molecule has 0 unspecified atom stereocenters. The first kappa shape index (κ1) is 22.1. The van der Waals surface area contributed by atoms with Crippen LogP contribution in [-0.2, 0) is 23.1 Å². The monoisotopic (exact) mass is 456 g/mol. The van der Waals surface area contributed by atoms with Crippen molar-refractivity contribution in [2.24, 2.45) is 5.92 Å². The zero-order valence-corrected chi connectivity index (χ0v) is 18.0. The van der Waals surface area contributed by atoms with Crippen molar-refractivity contribution < 1.29 is 21.6 Å². The summed E-state index contributed by atoms with van der Waals surface area (Å²) in [6, 6.07) is 6.75. The van der Waals surface area contributed by atoms with E-state index in [1.165, 1.54) is 12.8 Å². The summed E-state index contributed by atoms with van der Waals surface area (Å²) in [7, 11) is -5.43.